The topological polar surface area (TPSA) is 15.8 Å². The summed E-state index contributed by atoms with van der Waals surface area (Å²) >= 11 is 0. The van der Waals surface area contributed by atoms with Crippen molar-refractivity contribution < 1.29 is 4.39 Å². The van der Waals surface area contributed by atoms with Gasteiger partial charge in [0.25, 0.3) is 0 Å². The van der Waals surface area contributed by atoms with Gasteiger partial charge in [0.1, 0.15) is 5.82 Å². The Balaban J connectivity index is 2.55. The third-order valence-electron chi connectivity index (χ3n) is 2.72. The van der Waals surface area contributed by atoms with Crippen molar-refractivity contribution in [3.05, 3.63) is 47.8 Å². The highest BCUT2D eigenvalue weighted by Crippen LogP contribution is 2.26. The van der Waals surface area contributed by atoms with Crippen LogP contribution in [0.5, 0.6) is 0 Å². The molecule has 0 unspecified atom stereocenters. The average Bonchev–Trinajstić information content (AvgIpc) is 2.56. The Bertz CT molecular complexity index is 596. The van der Waals surface area contributed by atoms with Gasteiger partial charge in [-0.2, -0.15) is 0 Å². The minimum atomic E-state index is -0.190. The van der Waals surface area contributed by atoms with E-state index in [1.165, 1.54) is 11.6 Å². The molecule has 1 heterocycles. The Kier molecular flexibility index (Phi) is 1.60. The van der Waals surface area contributed by atoms with Gasteiger partial charge in [0.15, 0.2) is 0 Å². The van der Waals surface area contributed by atoms with Crippen LogP contribution in [0.25, 0.3) is 21.8 Å². The van der Waals surface area contributed by atoms with Crippen LogP contribution in [0.15, 0.2) is 36.4 Å². The standard InChI is InChI=1S/C13H10FN/c1-8-2-4-12-10(6-8)11-7-9(14)3-5-13(11)15-12/h2-7,15H,1H3. The second-order valence-corrected chi connectivity index (χ2v) is 3.86. The summed E-state index contributed by atoms with van der Waals surface area (Å²) in [6, 6.07) is 11.0. The molecule has 3 aromatic rings. The number of halogens is 1. The summed E-state index contributed by atoms with van der Waals surface area (Å²) in [5, 5.41) is 2.04. The van der Waals surface area contributed by atoms with Crippen molar-refractivity contribution in [2.45, 2.75) is 6.92 Å². The van der Waals surface area contributed by atoms with Crippen molar-refractivity contribution in [3.63, 3.8) is 0 Å². The Morgan fingerprint density at radius 1 is 0.933 bits per heavy atom. The minimum Gasteiger partial charge on any atom is -0.355 e. The molecule has 0 saturated heterocycles. The molecule has 3 rings (SSSR count). The molecule has 0 fully saturated rings. The lowest BCUT2D eigenvalue weighted by molar-refractivity contribution is 0.630. The minimum absolute atomic E-state index is 0.190. The first-order valence-corrected chi connectivity index (χ1v) is 4.92. The van der Waals surface area contributed by atoms with E-state index < -0.39 is 0 Å². The molecular weight excluding hydrogens is 189 g/mol. The molecule has 74 valence electrons. The van der Waals surface area contributed by atoms with Crippen molar-refractivity contribution in [2.75, 3.05) is 0 Å². The fraction of sp³-hybridized carbons (Fsp3) is 0.0769. The molecule has 0 saturated carbocycles. The van der Waals surface area contributed by atoms with E-state index in [-0.39, 0.29) is 5.82 Å². The van der Waals surface area contributed by atoms with Crippen LogP contribution in [0, 0.1) is 12.7 Å². The molecule has 0 spiro atoms. The third kappa shape index (κ3) is 1.22. The predicted octanol–water partition coefficient (Wildman–Crippen LogP) is 3.77. The monoisotopic (exact) mass is 199 g/mol. The number of nitrogens with one attached hydrogen (secondary N) is 1. The maximum absolute atomic E-state index is 13.1. The number of benzene rings is 2. The molecule has 0 aliphatic rings. The van der Waals surface area contributed by atoms with E-state index in [1.807, 2.05) is 19.1 Å². The van der Waals surface area contributed by atoms with Crippen LogP contribution in [0.3, 0.4) is 0 Å². The van der Waals surface area contributed by atoms with Crippen LogP contribution in [-0.2, 0) is 0 Å². The average molecular weight is 199 g/mol. The molecule has 0 bridgehead atoms. The number of hydrogen-bond donors (Lipinski definition) is 1. The molecule has 1 nitrogen and oxygen atoms in total. The smallest absolute Gasteiger partial charge is 0.123 e. The van der Waals surface area contributed by atoms with Gasteiger partial charge in [-0.25, -0.2) is 4.39 Å². The fourth-order valence-electron chi connectivity index (χ4n) is 1.98. The molecule has 15 heavy (non-hydrogen) atoms. The van der Waals surface area contributed by atoms with Gasteiger partial charge in [-0.3, -0.25) is 0 Å². The summed E-state index contributed by atoms with van der Waals surface area (Å²) < 4.78 is 13.1. The molecule has 0 amide bonds. The van der Waals surface area contributed by atoms with E-state index in [9.17, 15) is 4.39 Å². The van der Waals surface area contributed by atoms with E-state index >= 15 is 0 Å². The van der Waals surface area contributed by atoms with Gasteiger partial charge in [0, 0.05) is 21.8 Å². The molecule has 0 aliphatic carbocycles. The highest BCUT2D eigenvalue weighted by Gasteiger charge is 2.04. The first-order valence-electron chi connectivity index (χ1n) is 4.92. The zero-order valence-electron chi connectivity index (χ0n) is 8.34. The van der Waals surface area contributed by atoms with E-state index in [2.05, 4.69) is 11.1 Å². The van der Waals surface area contributed by atoms with Crippen LogP contribution < -0.4 is 0 Å². The SMILES string of the molecule is Cc1ccc2[nH]c3ccc(F)cc3c2c1. The first kappa shape index (κ1) is 8.48. The van der Waals surface area contributed by atoms with Crippen LogP contribution in [0.4, 0.5) is 4.39 Å². The summed E-state index contributed by atoms with van der Waals surface area (Å²) in [7, 11) is 0. The van der Waals surface area contributed by atoms with Crippen LogP contribution in [-0.4, -0.2) is 4.98 Å². The van der Waals surface area contributed by atoms with E-state index in [1.54, 1.807) is 12.1 Å². The Labute approximate surface area is 86.5 Å². The summed E-state index contributed by atoms with van der Waals surface area (Å²) in [6.07, 6.45) is 0. The molecule has 0 radical (unpaired) electrons. The van der Waals surface area contributed by atoms with Crippen molar-refractivity contribution in [1.82, 2.24) is 4.98 Å². The first-order chi connectivity index (χ1) is 7.24. The quantitative estimate of drug-likeness (QED) is 0.567. The highest BCUT2D eigenvalue weighted by molar-refractivity contribution is 6.07. The normalized spacial score (nSPS) is 11.3. The predicted molar refractivity (Wildman–Crippen MR) is 60.5 cm³/mol. The van der Waals surface area contributed by atoms with Crippen molar-refractivity contribution >= 4 is 21.8 Å². The third-order valence-corrected chi connectivity index (χ3v) is 2.72. The number of aromatic amines is 1. The van der Waals surface area contributed by atoms with E-state index in [0.29, 0.717) is 0 Å². The number of aryl methyl sites for hydroxylation is 1. The largest absolute Gasteiger partial charge is 0.355 e. The number of rotatable bonds is 0. The molecule has 1 aromatic heterocycles. The Hall–Kier alpha value is -1.83. The summed E-state index contributed by atoms with van der Waals surface area (Å²) in [5.74, 6) is -0.190. The molecular formula is C13H10FN. The van der Waals surface area contributed by atoms with Gasteiger partial charge in [0.05, 0.1) is 0 Å². The van der Waals surface area contributed by atoms with E-state index in [4.69, 9.17) is 0 Å². The summed E-state index contributed by atoms with van der Waals surface area (Å²) in [4.78, 5) is 3.27. The number of H-pyrrole nitrogens is 1. The van der Waals surface area contributed by atoms with Gasteiger partial charge < -0.3 is 4.98 Å². The van der Waals surface area contributed by atoms with Gasteiger partial charge in [-0.05, 0) is 37.3 Å². The zero-order chi connectivity index (χ0) is 10.4. The zero-order valence-corrected chi connectivity index (χ0v) is 8.34. The van der Waals surface area contributed by atoms with Crippen LogP contribution in [0.2, 0.25) is 0 Å². The van der Waals surface area contributed by atoms with Gasteiger partial charge in [-0.15, -0.1) is 0 Å². The maximum Gasteiger partial charge on any atom is 0.123 e. The lowest BCUT2D eigenvalue weighted by atomic mass is 10.1. The second-order valence-electron chi connectivity index (χ2n) is 3.86. The highest BCUT2D eigenvalue weighted by atomic mass is 19.1. The molecule has 2 heteroatoms. The summed E-state index contributed by atoms with van der Waals surface area (Å²) in [5.41, 5.74) is 3.23. The van der Waals surface area contributed by atoms with Crippen LogP contribution in [0.1, 0.15) is 5.56 Å². The maximum atomic E-state index is 13.1. The lowest BCUT2D eigenvalue weighted by Crippen LogP contribution is -1.73. The molecule has 0 aliphatic heterocycles. The lowest BCUT2D eigenvalue weighted by Gasteiger charge is -1.93. The van der Waals surface area contributed by atoms with Crippen LogP contribution >= 0.6 is 0 Å². The fourth-order valence-corrected chi connectivity index (χ4v) is 1.98. The number of aromatic nitrogens is 1. The molecule has 2 aromatic carbocycles. The van der Waals surface area contributed by atoms with Gasteiger partial charge in [-0.1, -0.05) is 11.6 Å². The Morgan fingerprint density at radius 3 is 2.40 bits per heavy atom. The Morgan fingerprint density at radius 2 is 1.60 bits per heavy atom. The van der Waals surface area contributed by atoms with Crippen molar-refractivity contribution in [2.24, 2.45) is 0 Å². The number of hydrogen-bond acceptors (Lipinski definition) is 0. The van der Waals surface area contributed by atoms with E-state index in [0.717, 1.165) is 21.8 Å². The summed E-state index contributed by atoms with van der Waals surface area (Å²) in [6.45, 7) is 2.04. The van der Waals surface area contributed by atoms with Crippen molar-refractivity contribution in [3.8, 4) is 0 Å². The van der Waals surface area contributed by atoms with Crippen molar-refractivity contribution in [1.29, 1.82) is 0 Å². The second kappa shape index (κ2) is 2.83. The van der Waals surface area contributed by atoms with Gasteiger partial charge >= 0.3 is 0 Å². The molecule has 1 N–H and O–H groups in total. The molecule has 0 atom stereocenters. The van der Waals surface area contributed by atoms with Gasteiger partial charge in [0.2, 0.25) is 0 Å². The number of fused-ring (bicyclic) bond motifs is 3.